The van der Waals surface area contributed by atoms with Crippen LogP contribution in [-0.4, -0.2) is 24.0 Å². The summed E-state index contributed by atoms with van der Waals surface area (Å²) in [6.07, 6.45) is 1.56. The van der Waals surface area contributed by atoms with Gasteiger partial charge in [-0.25, -0.2) is 4.98 Å². The van der Waals surface area contributed by atoms with Gasteiger partial charge in [-0.15, -0.1) is 0 Å². The molecule has 0 aliphatic heterocycles. The van der Waals surface area contributed by atoms with Gasteiger partial charge in [-0.05, 0) is 43.4 Å². The lowest BCUT2D eigenvalue weighted by molar-refractivity contribution is 0.402. The number of benzene rings is 1. The van der Waals surface area contributed by atoms with Crippen LogP contribution in [0.5, 0.6) is 0 Å². The van der Waals surface area contributed by atoms with Crippen molar-refractivity contribution < 1.29 is 4.39 Å². The van der Waals surface area contributed by atoms with Crippen LogP contribution >= 0.6 is 0 Å². The SMILES string of the molecule is CN(C)Cc1cccc(-c2ccc(F)nc2)c1. The molecule has 0 saturated carbocycles. The average Bonchev–Trinajstić information content (AvgIpc) is 2.29. The van der Waals surface area contributed by atoms with Crippen LogP contribution in [0.25, 0.3) is 11.1 Å². The summed E-state index contributed by atoms with van der Waals surface area (Å²) in [5, 5.41) is 0. The second kappa shape index (κ2) is 5.06. The van der Waals surface area contributed by atoms with Gasteiger partial charge in [0, 0.05) is 18.3 Å². The van der Waals surface area contributed by atoms with Gasteiger partial charge in [-0.3, -0.25) is 0 Å². The van der Waals surface area contributed by atoms with E-state index >= 15 is 0 Å². The van der Waals surface area contributed by atoms with E-state index in [1.165, 1.54) is 11.6 Å². The van der Waals surface area contributed by atoms with Gasteiger partial charge < -0.3 is 4.90 Å². The van der Waals surface area contributed by atoms with Crippen LogP contribution in [0, 0.1) is 5.95 Å². The number of rotatable bonds is 3. The van der Waals surface area contributed by atoms with E-state index in [0.29, 0.717) is 0 Å². The van der Waals surface area contributed by atoms with E-state index in [1.54, 1.807) is 12.3 Å². The van der Waals surface area contributed by atoms with Crippen molar-refractivity contribution in [2.75, 3.05) is 14.1 Å². The summed E-state index contributed by atoms with van der Waals surface area (Å²) >= 11 is 0. The highest BCUT2D eigenvalue weighted by molar-refractivity contribution is 5.62. The summed E-state index contributed by atoms with van der Waals surface area (Å²) in [6.45, 7) is 0.891. The van der Waals surface area contributed by atoms with Gasteiger partial charge in [0.25, 0.3) is 0 Å². The molecule has 0 saturated heterocycles. The fraction of sp³-hybridized carbons (Fsp3) is 0.214. The monoisotopic (exact) mass is 230 g/mol. The maximum Gasteiger partial charge on any atom is 0.212 e. The summed E-state index contributed by atoms with van der Waals surface area (Å²) in [4.78, 5) is 5.78. The average molecular weight is 230 g/mol. The van der Waals surface area contributed by atoms with Crippen molar-refractivity contribution in [2.45, 2.75) is 6.54 Å². The predicted molar refractivity (Wildman–Crippen MR) is 67.0 cm³/mol. The first-order chi connectivity index (χ1) is 8.15. The molecule has 0 amide bonds. The van der Waals surface area contributed by atoms with Crippen LogP contribution < -0.4 is 0 Å². The third-order valence-corrected chi connectivity index (χ3v) is 2.49. The molecule has 2 nitrogen and oxygen atoms in total. The lowest BCUT2D eigenvalue weighted by atomic mass is 10.0. The van der Waals surface area contributed by atoms with Gasteiger partial charge in [-0.1, -0.05) is 18.2 Å². The summed E-state index contributed by atoms with van der Waals surface area (Å²) in [5.74, 6) is -0.446. The van der Waals surface area contributed by atoms with Crippen molar-refractivity contribution in [1.29, 1.82) is 0 Å². The smallest absolute Gasteiger partial charge is 0.212 e. The molecule has 0 spiro atoms. The van der Waals surface area contributed by atoms with Gasteiger partial charge >= 0.3 is 0 Å². The van der Waals surface area contributed by atoms with E-state index in [-0.39, 0.29) is 0 Å². The van der Waals surface area contributed by atoms with Gasteiger partial charge in [-0.2, -0.15) is 4.39 Å². The van der Waals surface area contributed by atoms with Crippen molar-refractivity contribution in [1.82, 2.24) is 9.88 Å². The Morgan fingerprint density at radius 1 is 1.12 bits per heavy atom. The Hall–Kier alpha value is -1.74. The predicted octanol–water partition coefficient (Wildman–Crippen LogP) is 2.95. The number of hydrogen-bond acceptors (Lipinski definition) is 2. The highest BCUT2D eigenvalue weighted by Gasteiger charge is 2.01. The van der Waals surface area contributed by atoms with E-state index in [4.69, 9.17) is 0 Å². The molecule has 1 aromatic carbocycles. The highest BCUT2D eigenvalue weighted by Crippen LogP contribution is 2.20. The van der Waals surface area contributed by atoms with E-state index in [0.717, 1.165) is 17.7 Å². The Labute approximate surface area is 101 Å². The van der Waals surface area contributed by atoms with Gasteiger partial charge in [0.15, 0.2) is 0 Å². The summed E-state index contributed by atoms with van der Waals surface area (Å²) in [5.41, 5.74) is 3.24. The quantitative estimate of drug-likeness (QED) is 0.754. The largest absolute Gasteiger partial charge is 0.305 e. The number of aromatic nitrogens is 1. The van der Waals surface area contributed by atoms with Crippen LogP contribution in [0.15, 0.2) is 42.6 Å². The minimum Gasteiger partial charge on any atom is -0.305 e. The molecule has 17 heavy (non-hydrogen) atoms. The van der Waals surface area contributed by atoms with Crippen molar-refractivity contribution in [3.8, 4) is 11.1 Å². The summed E-state index contributed by atoms with van der Waals surface area (Å²) in [6, 6.07) is 11.3. The van der Waals surface area contributed by atoms with E-state index in [1.807, 2.05) is 26.2 Å². The van der Waals surface area contributed by atoms with Crippen molar-refractivity contribution in [3.63, 3.8) is 0 Å². The summed E-state index contributed by atoms with van der Waals surface area (Å²) in [7, 11) is 4.07. The molecule has 0 atom stereocenters. The normalized spacial score (nSPS) is 10.8. The maximum absolute atomic E-state index is 12.7. The lowest BCUT2D eigenvalue weighted by Gasteiger charge is -2.10. The first-order valence-electron chi connectivity index (χ1n) is 5.51. The second-order valence-corrected chi connectivity index (χ2v) is 4.31. The molecule has 0 aliphatic carbocycles. The zero-order valence-electron chi connectivity index (χ0n) is 10.0. The molecule has 0 aliphatic rings. The van der Waals surface area contributed by atoms with Gasteiger partial charge in [0.1, 0.15) is 0 Å². The second-order valence-electron chi connectivity index (χ2n) is 4.31. The molecule has 0 bridgehead atoms. The Kier molecular flexibility index (Phi) is 3.49. The molecule has 1 heterocycles. The Morgan fingerprint density at radius 2 is 1.94 bits per heavy atom. The molecule has 88 valence electrons. The van der Waals surface area contributed by atoms with Crippen LogP contribution in [0.3, 0.4) is 0 Å². The fourth-order valence-electron chi connectivity index (χ4n) is 1.76. The Morgan fingerprint density at radius 3 is 2.59 bits per heavy atom. The number of hydrogen-bond donors (Lipinski definition) is 0. The first-order valence-corrected chi connectivity index (χ1v) is 5.51. The molecular formula is C14H15FN2. The maximum atomic E-state index is 12.7. The molecule has 2 rings (SSSR count). The van der Waals surface area contributed by atoms with Gasteiger partial charge in [0.05, 0.1) is 0 Å². The van der Waals surface area contributed by atoms with E-state index in [9.17, 15) is 4.39 Å². The molecule has 3 heteroatoms. The third kappa shape index (κ3) is 3.11. The Balaban J connectivity index is 2.29. The topological polar surface area (TPSA) is 16.1 Å². The molecule has 0 fully saturated rings. The number of halogens is 1. The third-order valence-electron chi connectivity index (χ3n) is 2.49. The van der Waals surface area contributed by atoms with Crippen LogP contribution in [0.1, 0.15) is 5.56 Å². The fourth-order valence-corrected chi connectivity index (χ4v) is 1.76. The molecule has 0 N–H and O–H groups in total. The molecular weight excluding hydrogens is 215 g/mol. The number of pyridine rings is 1. The summed E-state index contributed by atoms with van der Waals surface area (Å²) < 4.78 is 12.7. The van der Waals surface area contributed by atoms with Crippen LogP contribution in [-0.2, 0) is 6.54 Å². The first kappa shape index (κ1) is 11.7. The highest BCUT2D eigenvalue weighted by atomic mass is 19.1. The molecule has 0 radical (unpaired) electrons. The lowest BCUT2D eigenvalue weighted by Crippen LogP contribution is -2.10. The van der Waals surface area contributed by atoms with E-state index in [2.05, 4.69) is 22.0 Å². The van der Waals surface area contributed by atoms with E-state index < -0.39 is 5.95 Å². The number of nitrogens with zero attached hydrogens (tertiary/aromatic N) is 2. The van der Waals surface area contributed by atoms with Crippen LogP contribution in [0.2, 0.25) is 0 Å². The minimum absolute atomic E-state index is 0.446. The minimum atomic E-state index is -0.446. The molecule has 0 unspecified atom stereocenters. The van der Waals surface area contributed by atoms with Crippen molar-refractivity contribution in [3.05, 3.63) is 54.1 Å². The van der Waals surface area contributed by atoms with Crippen LogP contribution in [0.4, 0.5) is 4.39 Å². The Bertz CT molecular complexity index is 492. The molecule has 1 aromatic heterocycles. The van der Waals surface area contributed by atoms with Gasteiger partial charge in [0.2, 0.25) is 5.95 Å². The zero-order chi connectivity index (χ0) is 12.3. The molecule has 2 aromatic rings. The van der Waals surface area contributed by atoms with Crippen molar-refractivity contribution in [2.24, 2.45) is 0 Å². The zero-order valence-corrected chi connectivity index (χ0v) is 10.0. The van der Waals surface area contributed by atoms with Crippen molar-refractivity contribution >= 4 is 0 Å². The standard InChI is InChI=1S/C14H15FN2/c1-17(2)10-11-4-3-5-12(8-11)13-6-7-14(15)16-9-13/h3-9H,10H2,1-2H3.